The summed E-state index contributed by atoms with van der Waals surface area (Å²) in [6, 6.07) is 7.44. The Hall–Kier alpha value is -1.43. The van der Waals surface area contributed by atoms with Crippen LogP contribution >= 0.6 is 0 Å². The fourth-order valence-electron chi connectivity index (χ4n) is 2.61. The van der Waals surface area contributed by atoms with Crippen LogP contribution in [0.1, 0.15) is 28.8 Å². The molecule has 1 aromatic rings. The van der Waals surface area contributed by atoms with Crippen LogP contribution in [0.15, 0.2) is 24.3 Å². The van der Waals surface area contributed by atoms with E-state index in [1.807, 2.05) is 12.1 Å². The van der Waals surface area contributed by atoms with Crippen LogP contribution in [-0.2, 0) is 6.54 Å². The van der Waals surface area contributed by atoms with Crippen molar-refractivity contribution in [2.24, 2.45) is 0 Å². The number of hydrogen-bond donors (Lipinski definition) is 3. The van der Waals surface area contributed by atoms with Crippen LogP contribution < -0.4 is 5.32 Å². The molecule has 1 aliphatic rings. The van der Waals surface area contributed by atoms with Gasteiger partial charge in [-0.2, -0.15) is 0 Å². The van der Waals surface area contributed by atoms with Crippen molar-refractivity contribution in [2.75, 3.05) is 26.2 Å². The van der Waals surface area contributed by atoms with E-state index in [1.54, 1.807) is 12.1 Å². The maximum atomic E-state index is 10.8. The summed E-state index contributed by atoms with van der Waals surface area (Å²) < 4.78 is 0. The van der Waals surface area contributed by atoms with Gasteiger partial charge in [0.15, 0.2) is 0 Å². The number of hydrogen-bond acceptors (Lipinski definition) is 4. The molecule has 3 N–H and O–H groups in total. The van der Waals surface area contributed by atoms with E-state index in [1.165, 1.54) is 12.8 Å². The number of nitrogens with zero attached hydrogens (tertiary/aromatic N) is 1. The monoisotopic (exact) mass is 278 g/mol. The zero-order valence-electron chi connectivity index (χ0n) is 11.6. The largest absolute Gasteiger partial charge is 0.478 e. The lowest BCUT2D eigenvalue weighted by atomic mass is 10.1. The summed E-state index contributed by atoms with van der Waals surface area (Å²) in [5, 5.41) is 21.5. The van der Waals surface area contributed by atoms with E-state index < -0.39 is 5.97 Å². The number of carbonyl (C=O) groups is 1. The van der Waals surface area contributed by atoms with Gasteiger partial charge in [0.25, 0.3) is 0 Å². The smallest absolute Gasteiger partial charge is 0.335 e. The number of benzene rings is 1. The Balaban J connectivity index is 1.93. The Labute approximate surface area is 119 Å². The molecule has 0 spiro atoms. The van der Waals surface area contributed by atoms with E-state index in [4.69, 9.17) is 10.2 Å². The highest BCUT2D eigenvalue weighted by molar-refractivity contribution is 5.87. The highest BCUT2D eigenvalue weighted by Gasteiger charge is 2.17. The summed E-state index contributed by atoms with van der Waals surface area (Å²) >= 11 is 0. The summed E-state index contributed by atoms with van der Waals surface area (Å²) in [6.07, 6.45) is 2.39. The van der Waals surface area contributed by atoms with Crippen LogP contribution in [-0.4, -0.2) is 53.4 Å². The molecule has 0 bridgehead atoms. The fraction of sp³-hybridized carbons (Fsp3) is 0.533. The number of aliphatic hydroxyl groups excluding tert-OH is 1. The number of carboxylic acids is 1. The molecule has 2 rings (SSSR count). The summed E-state index contributed by atoms with van der Waals surface area (Å²) in [4.78, 5) is 13.0. The molecule has 5 heteroatoms. The van der Waals surface area contributed by atoms with Gasteiger partial charge in [0.05, 0.1) is 12.2 Å². The van der Waals surface area contributed by atoms with Gasteiger partial charge in [0.1, 0.15) is 0 Å². The molecule has 1 fully saturated rings. The normalized spacial score (nSPS) is 18.6. The molecule has 1 unspecified atom stereocenters. The first-order valence-corrected chi connectivity index (χ1v) is 7.08. The molecule has 0 radical (unpaired) electrons. The molecule has 110 valence electrons. The second-order valence-corrected chi connectivity index (χ2v) is 5.25. The summed E-state index contributed by atoms with van der Waals surface area (Å²) in [6.45, 7) is 3.50. The lowest BCUT2D eigenvalue weighted by molar-refractivity contribution is 0.0697. The third-order valence-corrected chi connectivity index (χ3v) is 3.66. The highest BCUT2D eigenvalue weighted by Crippen LogP contribution is 2.11. The number of aromatic carboxylic acids is 1. The van der Waals surface area contributed by atoms with Gasteiger partial charge in [0, 0.05) is 25.7 Å². The van der Waals surface area contributed by atoms with E-state index in [0.29, 0.717) is 18.2 Å². The second kappa shape index (κ2) is 7.38. The number of aliphatic hydroxyl groups is 1. The van der Waals surface area contributed by atoms with Crippen molar-refractivity contribution in [3.05, 3.63) is 35.4 Å². The maximum absolute atomic E-state index is 10.8. The predicted octanol–water partition coefficient (Wildman–Crippen LogP) is 0.931. The molecule has 5 nitrogen and oxygen atoms in total. The Morgan fingerprint density at radius 1 is 1.35 bits per heavy atom. The zero-order valence-corrected chi connectivity index (χ0v) is 11.6. The van der Waals surface area contributed by atoms with Gasteiger partial charge in [-0.05, 0) is 37.1 Å². The van der Waals surface area contributed by atoms with Crippen molar-refractivity contribution in [3.8, 4) is 0 Å². The molecule has 1 saturated heterocycles. The predicted molar refractivity (Wildman–Crippen MR) is 76.8 cm³/mol. The van der Waals surface area contributed by atoms with Crippen molar-refractivity contribution in [2.45, 2.75) is 25.4 Å². The third-order valence-electron chi connectivity index (χ3n) is 3.66. The first-order valence-electron chi connectivity index (χ1n) is 7.08. The van der Waals surface area contributed by atoms with E-state index in [0.717, 1.165) is 25.2 Å². The van der Waals surface area contributed by atoms with Gasteiger partial charge in [-0.1, -0.05) is 12.1 Å². The van der Waals surface area contributed by atoms with Crippen molar-refractivity contribution >= 4 is 5.97 Å². The third kappa shape index (κ3) is 4.30. The lowest BCUT2D eigenvalue weighted by Crippen LogP contribution is -2.38. The average molecular weight is 278 g/mol. The number of rotatable bonds is 7. The van der Waals surface area contributed by atoms with Gasteiger partial charge in [-0.3, -0.25) is 4.90 Å². The minimum absolute atomic E-state index is 0.139. The molecule has 1 aliphatic heterocycles. The van der Waals surface area contributed by atoms with Gasteiger partial charge >= 0.3 is 5.97 Å². The minimum atomic E-state index is -0.904. The van der Waals surface area contributed by atoms with E-state index >= 15 is 0 Å². The molecule has 0 aliphatic carbocycles. The van der Waals surface area contributed by atoms with E-state index in [9.17, 15) is 4.79 Å². The molecule has 0 aromatic heterocycles. The molecule has 1 heterocycles. The standard InChI is InChI=1S/C15H22N2O3/c18-9-8-17(11-14-2-1-7-16-14)10-12-3-5-13(6-4-12)15(19)20/h3-6,14,16,18H,1-2,7-11H2,(H,19,20). The molecule has 20 heavy (non-hydrogen) atoms. The van der Waals surface area contributed by atoms with E-state index in [2.05, 4.69) is 10.2 Å². The number of nitrogens with one attached hydrogen (secondary N) is 1. The van der Waals surface area contributed by atoms with Crippen molar-refractivity contribution in [1.82, 2.24) is 10.2 Å². The van der Waals surface area contributed by atoms with Crippen LogP contribution in [0, 0.1) is 0 Å². The minimum Gasteiger partial charge on any atom is -0.478 e. The topological polar surface area (TPSA) is 72.8 Å². The average Bonchev–Trinajstić information content (AvgIpc) is 2.92. The van der Waals surface area contributed by atoms with E-state index in [-0.39, 0.29) is 6.61 Å². The van der Waals surface area contributed by atoms with Gasteiger partial charge in [0.2, 0.25) is 0 Å². The zero-order chi connectivity index (χ0) is 14.4. The first kappa shape index (κ1) is 15.0. The maximum Gasteiger partial charge on any atom is 0.335 e. The van der Waals surface area contributed by atoms with Gasteiger partial charge in [-0.15, -0.1) is 0 Å². The van der Waals surface area contributed by atoms with Crippen LogP contribution in [0.2, 0.25) is 0 Å². The quantitative estimate of drug-likeness (QED) is 0.692. The molecular formula is C15H22N2O3. The second-order valence-electron chi connectivity index (χ2n) is 5.25. The van der Waals surface area contributed by atoms with Gasteiger partial charge in [-0.25, -0.2) is 4.79 Å². The molecule has 1 atom stereocenters. The SMILES string of the molecule is O=C(O)c1ccc(CN(CCO)CC2CCCN2)cc1. The Morgan fingerprint density at radius 3 is 2.65 bits per heavy atom. The van der Waals surface area contributed by atoms with Crippen LogP contribution in [0.5, 0.6) is 0 Å². The van der Waals surface area contributed by atoms with Crippen molar-refractivity contribution < 1.29 is 15.0 Å². The summed E-state index contributed by atoms with van der Waals surface area (Å²) in [5.74, 6) is -0.904. The Kier molecular flexibility index (Phi) is 5.52. The summed E-state index contributed by atoms with van der Waals surface area (Å²) in [5.41, 5.74) is 1.38. The van der Waals surface area contributed by atoms with Crippen molar-refractivity contribution in [3.63, 3.8) is 0 Å². The molecular weight excluding hydrogens is 256 g/mol. The van der Waals surface area contributed by atoms with Crippen LogP contribution in [0.3, 0.4) is 0 Å². The lowest BCUT2D eigenvalue weighted by Gasteiger charge is -2.25. The fourth-order valence-corrected chi connectivity index (χ4v) is 2.61. The first-order chi connectivity index (χ1) is 9.69. The molecule has 0 amide bonds. The molecule has 1 aromatic carbocycles. The van der Waals surface area contributed by atoms with Gasteiger partial charge < -0.3 is 15.5 Å². The Morgan fingerprint density at radius 2 is 2.10 bits per heavy atom. The van der Waals surface area contributed by atoms with Crippen LogP contribution in [0.25, 0.3) is 0 Å². The Bertz CT molecular complexity index is 427. The number of carboxylic acid groups (broad SMARTS) is 1. The summed E-state index contributed by atoms with van der Waals surface area (Å²) in [7, 11) is 0. The molecule has 0 saturated carbocycles. The van der Waals surface area contributed by atoms with Crippen LogP contribution in [0.4, 0.5) is 0 Å². The van der Waals surface area contributed by atoms with Crippen molar-refractivity contribution in [1.29, 1.82) is 0 Å². The highest BCUT2D eigenvalue weighted by atomic mass is 16.4.